The van der Waals surface area contributed by atoms with Gasteiger partial charge in [0.25, 0.3) is 11.5 Å². The van der Waals surface area contributed by atoms with E-state index >= 15 is 0 Å². The molecule has 0 atom stereocenters. The number of nitrogens with zero attached hydrogens (tertiary/aromatic N) is 2. The van der Waals surface area contributed by atoms with Crippen molar-refractivity contribution in [2.75, 3.05) is 12.4 Å². The summed E-state index contributed by atoms with van der Waals surface area (Å²) in [5.74, 6) is 0.568. The number of pyridine rings is 1. The summed E-state index contributed by atoms with van der Waals surface area (Å²) in [6, 6.07) is 8.87. The summed E-state index contributed by atoms with van der Waals surface area (Å²) < 4.78 is 12.1. The van der Waals surface area contributed by atoms with E-state index in [1.54, 1.807) is 51.2 Å². The number of para-hydroxylation sites is 2. The molecule has 0 saturated carbocycles. The van der Waals surface area contributed by atoms with Crippen LogP contribution in [0.2, 0.25) is 0 Å². The van der Waals surface area contributed by atoms with Crippen LogP contribution in [0, 0.1) is 20.8 Å². The van der Waals surface area contributed by atoms with Crippen molar-refractivity contribution in [3.8, 4) is 11.4 Å². The average Bonchev–Trinajstić information content (AvgIpc) is 2.92. The van der Waals surface area contributed by atoms with Crippen LogP contribution in [0.15, 0.2) is 45.7 Å². The number of amides is 1. The van der Waals surface area contributed by atoms with Gasteiger partial charge in [0.2, 0.25) is 0 Å². The molecule has 1 amide bonds. The van der Waals surface area contributed by atoms with E-state index in [2.05, 4.69) is 10.3 Å². The van der Waals surface area contributed by atoms with Crippen molar-refractivity contribution in [1.82, 2.24) is 9.55 Å². The molecule has 0 fully saturated rings. The van der Waals surface area contributed by atoms with Crippen molar-refractivity contribution in [3.63, 3.8) is 0 Å². The summed E-state index contributed by atoms with van der Waals surface area (Å²) >= 11 is 0. The first-order chi connectivity index (χ1) is 12.4. The summed E-state index contributed by atoms with van der Waals surface area (Å²) in [7, 11) is 1.53. The minimum Gasteiger partial charge on any atom is -0.495 e. The Bertz CT molecular complexity index is 1010. The Labute approximate surface area is 150 Å². The van der Waals surface area contributed by atoms with Crippen molar-refractivity contribution in [1.29, 1.82) is 0 Å². The number of carbonyl (C=O) groups excluding carboxylic acids is 1. The van der Waals surface area contributed by atoms with E-state index in [4.69, 9.17) is 9.15 Å². The van der Waals surface area contributed by atoms with Gasteiger partial charge in [-0.1, -0.05) is 12.1 Å². The Morgan fingerprint density at radius 1 is 1.19 bits per heavy atom. The van der Waals surface area contributed by atoms with Crippen LogP contribution >= 0.6 is 0 Å². The monoisotopic (exact) mass is 353 g/mol. The molecule has 0 saturated heterocycles. The van der Waals surface area contributed by atoms with Crippen LogP contribution in [-0.4, -0.2) is 22.6 Å². The quantitative estimate of drug-likeness (QED) is 0.779. The molecule has 3 rings (SSSR count). The first kappa shape index (κ1) is 17.5. The van der Waals surface area contributed by atoms with E-state index < -0.39 is 11.5 Å². The van der Waals surface area contributed by atoms with E-state index in [0.29, 0.717) is 28.5 Å². The third kappa shape index (κ3) is 3.11. The Balaban J connectivity index is 2.05. The standard InChI is InChI=1S/C19H19N3O4/c1-11-9-10-22(14-7-5-6-8-15(14)25-4)18(24)16(11)17(23)21-19-20-12(2)13(3)26-19/h5-10H,1-4H3,(H,20,21,23). The van der Waals surface area contributed by atoms with E-state index in [0.717, 1.165) is 0 Å². The third-order valence-corrected chi connectivity index (χ3v) is 4.12. The summed E-state index contributed by atoms with van der Waals surface area (Å²) in [5.41, 5.74) is 1.35. The zero-order valence-electron chi connectivity index (χ0n) is 15.0. The van der Waals surface area contributed by atoms with Gasteiger partial charge in [0.15, 0.2) is 0 Å². The number of hydrogen-bond donors (Lipinski definition) is 1. The summed E-state index contributed by atoms with van der Waals surface area (Å²) in [5, 5.41) is 2.55. The van der Waals surface area contributed by atoms with Crippen LogP contribution in [-0.2, 0) is 0 Å². The number of benzene rings is 1. The number of carbonyl (C=O) groups is 1. The first-order valence-corrected chi connectivity index (χ1v) is 8.03. The topological polar surface area (TPSA) is 86.4 Å². The summed E-state index contributed by atoms with van der Waals surface area (Å²) in [6.07, 6.45) is 1.62. The second kappa shape index (κ2) is 6.87. The van der Waals surface area contributed by atoms with Crippen molar-refractivity contribution < 1.29 is 13.9 Å². The van der Waals surface area contributed by atoms with E-state index in [1.165, 1.54) is 11.7 Å². The summed E-state index contributed by atoms with van der Waals surface area (Å²) in [4.78, 5) is 29.7. The van der Waals surface area contributed by atoms with Crippen LogP contribution in [0.25, 0.3) is 5.69 Å². The van der Waals surface area contributed by atoms with E-state index in [1.807, 2.05) is 6.07 Å². The Kier molecular flexibility index (Phi) is 4.62. The largest absolute Gasteiger partial charge is 0.495 e. The highest BCUT2D eigenvalue weighted by molar-refractivity contribution is 6.04. The molecule has 3 aromatic rings. The zero-order valence-corrected chi connectivity index (χ0v) is 15.0. The fraction of sp³-hybridized carbons (Fsp3) is 0.211. The lowest BCUT2D eigenvalue weighted by Gasteiger charge is -2.13. The molecule has 0 bridgehead atoms. The molecule has 0 radical (unpaired) electrons. The molecule has 2 heterocycles. The molecule has 7 nitrogen and oxygen atoms in total. The number of aromatic nitrogens is 2. The summed E-state index contributed by atoms with van der Waals surface area (Å²) in [6.45, 7) is 5.23. The van der Waals surface area contributed by atoms with Gasteiger partial charge in [-0.05, 0) is 44.5 Å². The van der Waals surface area contributed by atoms with Gasteiger partial charge in [0, 0.05) is 6.20 Å². The number of aryl methyl sites for hydroxylation is 3. The van der Waals surface area contributed by atoms with Crippen molar-refractivity contribution in [3.05, 3.63) is 69.5 Å². The SMILES string of the molecule is COc1ccccc1-n1ccc(C)c(C(=O)Nc2nc(C)c(C)o2)c1=O. The fourth-order valence-corrected chi connectivity index (χ4v) is 2.61. The molecular formula is C19H19N3O4. The lowest BCUT2D eigenvalue weighted by molar-refractivity contribution is 0.102. The number of oxazole rings is 1. The first-order valence-electron chi connectivity index (χ1n) is 8.03. The van der Waals surface area contributed by atoms with Gasteiger partial charge in [-0.15, -0.1) is 0 Å². The predicted octanol–water partition coefficient (Wildman–Crippen LogP) is 3.01. The average molecular weight is 353 g/mol. The van der Waals surface area contributed by atoms with Gasteiger partial charge in [0.1, 0.15) is 17.1 Å². The number of anilines is 1. The molecule has 0 aliphatic rings. The van der Waals surface area contributed by atoms with E-state index in [9.17, 15) is 9.59 Å². The minimum absolute atomic E-state index is 0.0203. The number of hydrogen-bond acceptors (Lipinski definition) is 5. The maximum atomic E-state index is 13.0. The number of nitrogens with one attached hydrogen (secondary N) is 1. The third-order valence-electron chi connectivity index (χ3n) is 4.12. The van der Waals surface area contributed by atoms with Crippen LogP contribution in [0.5, 0.6) is 5.75 Å². The molecule has 1 N–H and O–H groups in total. The Morgan fingerprint density at radius 2 is 1.92 bits per heavy atom. The Hall–Kier alpha value is -3.35. The lowest BCUT2D eigenvalue weighted by Crippen LogP contribution is -2.29. The van der Waals surface area contributed by atoms with Gasteiger partial charge >= 0.3 is 6.01 Å². The molecular weight excluding hydrogens is 334 g/mol. The zero-order chi connectivity index (χ0) is 18.8. The van der Waals surface area contributed by atoms with Gasteiger partial charge in [0.05, 0.1) is 18.5 Å². The van der Waals surface area contributed by atoms with Crippen LogP contribution in [0.3, 0.4) is 0 Å². The minimum atomic E-state index is -0.571. The molecule has 134 valence electrons. The van der Waals surface area contributed by atoms with Crippen molar-refractivity contribution in [2.45, 2.75) is 20.8 Å². The smallest absolute Gasteiger partial charge is 0.302 e. The molecule has 2 aromatic heterocycles. The Morgan fingerprint density at radius 3 is 2.58 bits per heavy atom. The van der Waals surface area contributed by atoms with Crippen LogP contribution in [0.1, 0.15) is 27.4 Å². The van der Waals surface area contributed by atoms with Crippen LogP contribution in [0.4, 0.5) is 6.01 Å². The van der Waals surface area contributed by atoms with E-state index in [-0.39, 0.29) is 11.6 Å². The highest BCUT2D eigenvalue weighted by Crippen LogP contribution is 2.21. The number of ether oxygens (including phenoxy) is 1. The normalized spacial score (nSPS) is 10.6. The second-order valence-corrected chi connectivity index (χ2v) is 5.84. The fourth-order valence-electron chi connectivity index (χ4n) is 2.61. The van der Waals surface area contributed by atoms with Crippen molar-refractivity contribution >= 4 is 11.9 Å². The molecule has 0 spiro atoms. The number of methoxy groups -OCH3 is 1. The highest BCUT2D eigenvalue weighted by atomic mass is 16.5. The maximum absolute atomic E-state index is 13.0. The molecule has 0 aliphatic heterocycles. The number of rotatable bonds is 4. The van der Waals surface area contributed by atoms with Crippen molar-refractivity contribution in [2.24, 2.45) is 0 Å². The van der Waals surface area contributed by atoms with Gasteiger partial charge in [-0.2, -0.15) is 4.98 Å². The molecule has 1 aromatic carbocycles. The highest BCUT2D eigenvalue weighted by Gasteiger charge is 2.19. The molecule has 0 unspecified atom stereocenters. The maximum Gasteiger partial charge on any atom is 0.302 e. The molecule has 7 heteroatoms. The van der Waals surface area contributed by atoms with Crippen LogP contribution < -0.4 is 15.6 Å². The van der Waals surface area contributed by atoms with Gasteiger partial charge < -0.3 is 9.15 Å². The molecule has 26 heavy (non-hydrogen) atoms. The lowest BCUT2D eigenvalue weighted by atomic mass is 10.1. The second-order valence-electron chi connectivity index (χ2n) is 5.84. The van der Waals surface area contributed by atoms with Gasteiger partial charge in [-0.25, -0.2) is 0 Å². The molecule has 0 aliphatic carbocycles. The van der Waals surface area contributed by atoms with Gasteiger partial charge in [-0.3, -0.25) is 19.5 Å². The predicted molar refractivity (Wildman–Crippen MR) is 97.3 cm³/mol.